The molecule has 0 atom stereocenters. The Morgan fingerprint density at radius 2 is 1.82 bits per heavy atom. The second kappa shape index (κ2) is 2.95. The molecule has 3 aromatic heterocycles. The van der Waals surface area contributed by atoms with Crippen LogP contribution in [-0.4, -0.2) is 19.9 Å². The highest BCUT2D eigenvalue weighted by Gasteiger charge is 2.08. The van der Waals surface area contributed by atoms with E-state index in [-0.39, 0.29) is 0 Å². The number of aromatic amines is 3. The predicted molar refractivity (Wildman–Crippen MR) is 70.6 cm³/mol. The highest BCUT2D eigenvalue weighted by atomic mass is 32.1. The normalized spacial score (nSPS) is 11.8. The van der Waals surface area contributed by atoms with Crippen LogP contribution in [-0.2, 0) is 0 Å². The molecular weight excluding hydrogens is 232 g/mol. The van der Waals surface area contributed by atoms with E-state index < -0.39 is 0 Å². The van der Waals surface area contributed by atoms with E-state index >= 15 is 0 Å². The first kappa shape index (κ1) is 8.95. The summed E-state index contributed by atoms with van der Waals surface area (Å²) in [6.45, 7) is 0. The average Bonchev–Trinajstić information content (AvgIpc) is 2.87. The van der Waals surface area contributed by atoms with Gasteiger partial charge >= 0.3 is 0 Å². The molecule has 0 aliphatic heterocycles. The van der Waals surface area contributed by atoms with Crippen LogP contribution >= 0.6 is 12.2 Å². The molecule has 1 aromatic carbocycles. The molecule has 4 rings (SSSR count). The molecule has 0 amide bonds. The van der Waals surface area contributed by atoms with Crippen molar-refractivity contribution in [3.05, 3.63) is 35.4 Å². The minimum atomic E-state index is 0.649. The Morgan fingerprint density at radius 1 is 0.941 bits per heavy atom. The fourth-order valence-corrected chi connectivity index (χ4v) is 2.56. The lowest BCUT2D eigenvalue weighted by atomic mass is 10.1. The SMILES string of the molecule is S=c1[nH]c2ccc3[nH]c4cnccc4c3c2[nH]1. The number of aromatic nitrogens is 4. The van der Waals surface area contributed by atoms with Gasteiger partial charge < -0.3 is 15.0 Å². The second-order valence-electron chi connectivity index (χ2n) is 4.04. The Kier molecular flexibility index (Phi) is 1.55. The Morgan fingerprint density at radius 3 is 2.76 bits per heavy atom. The number of benzene rings is 1. The molecule has 17 heavy (non-hydrogen) atoms. The van der Waals surface area contributed by atoms with Crippen molar-refractivity contribution < 1.29 is 0 Å². The molecule has 0 radical (unpaired) electrons. The number of pyridine rings is 1. The van der Waals surface area contributed by atoms with Crippen LogP contribution in [0.15, 0.2) is 30.6 Å². The van der Waals surface area contributed by atoms with Gasteiger partial charge in [-0.05, 0) is 30.4 Å². The van der Waals surface area contributed by atoms with Crippen LogP contribution in [0.1, 0.15) is 0 Å². The van der Waals surface area contributed by atoms with Crippen LogP contribution in [0.2, 0.25) is 0 Å². The van der Waals surface area contributed by atoms with Crippen molar-refractivity contribution in [1.29, 1.82) is 0 Å². The largest absolute Gasteiger partial charge is 0.353 e. The maximum Gasteiger partial charge on any atom is 0.175 e. The highest BCUT2D eigenvalue weighted by molar-refractivity contribution is 7.71. The van der Waals surface area contributed by atoms with Gasteiger partial charge in [-0.1, -0.05) is 0 Å². The van der Waals surface area contributed by atoms with Gasteiger partial charge in [0.1, 0.15) is 0 Å². The smallest absolute Gasteiger partial charge is 0.175 e. The first-order valence-corrected chi connectivity index (χ1v) is 5.70. The first-order chi connectivity index (χ1) is 8.33. The molecular formula is C12H8N4S. The number of H-pyrrole nitrogens is 3. The molecule has 0 unspecified atom stereocenters. The van der Waals surface area contributed by atoms with E-state index in [1.54, 1.807) is 6.20 Å². The van der Waals surface area contributed by atoms with E-state index in [0.29, 0.717) is 4.77 Å². The van der Waals surface area contributed by atoms with Gasteiger partial charge in [0.25, 0.3) is 0 Å². The predicted octanol–water partition coefficient (Wildman–Crippen LogP) is 3.25. The zero-order valence-corrected chi connectivity index (χ0v) is 9.56. The molecule has 3 heterocycles. The molecule has 3 N–H and O–H groups in total. The number of nitrogens with one attached hydrogen (secondary N) is 3. The fourth-order valence-electron chi connectivity index (χ4n) is 2.34. The monoisotopic (exact) mass is 240 g/mol. The van der Waals surface area contributed by atoms with Gasteiger partial charge in [-0.15, -0.1) is 0 Å². The highest BCUT2D eigenvalue weighted by Crippen LogP contribution is 2.29. The van der Waals surface area contributed by atoms with Crippen LogP contribution in [0.5, 0.6) is 0 Å². The Hall–Kier alpha value is -2.14. The van der Waals surface area contributed by atoms with Crippen molar-refractivity contribution in [2.45, 2.75) is 0 Å². The third-order valence-electron chi connectivity index (χ3n) is 3.05. The van der Waals surface area contributed by atoms with Crippen molar-refractivity contribution in [3.63, 3.8) is 0 Å². The zero-order chi connectivity index (χ0) is 11.4. The van der Waals surface area contributed by atoms with Crippen molar-refractivity contribution in [2.75, 3.05) is 0 Å². The number of imidazole rings is 1. The average molecular weight is 240 g/mol. The number of hydrogen-bond donors (Lipinski definition) is 3. The van der Waals surface area contributed by atoms with Crippen molar-refractivity contribution >= 4 is 45.1 Å². The third-order valence-corrected chi connectivity index (χ3v) is 3.26. The number of rotatable bonds is 0. The summed E-state index contributed by atoms with van der Waals surface area (Å²) in [5, 5.41) is 2.32. The zero-order valence-electron chi connectivity index (χ0n) is 8.74. The molecule has 0 spiro atoms. The Labute approximate surface area is 101 Å². The molecule has 0 fully saturated rings. The van der Waals surface area contributed by atoms with Crippen molar-refractivity contribution in [1.82, 2.24) is 19.9 Å². The van der Waals surface area contributed by atoms with Crippen LogP contribution in [0.4, 0.5) is 0 Å². The van der Waals surface area contributed by atoms with Gasteiger partial charge in [0.2, 0.25) is 0 Å². The van der Waals surface area contributed by atoms with E-state index in [1.165, 1.54) is 0 Å². The maximum absolute atomic E-state index is 5.14. The van der Waals surface area contributed by atoms with Crippen LogP contribution in [0, 0.1) is 4.77 Å². The van der Waals surface area contributed by atoms with Gasteiger partial charge in [0.15, 0.2) is 4.77 Å². The molecule has 4 aromatic rings. The molecule has 0 saturated carbocycles. The Balaban J connectivity index is 2.42. The molecule has 0 aliphatic rings. The molecule has 5 heteroatoms. The summed E-state index contributed by atoms with van der Waals surface area (Å²) in [7, 11) is 0. The van der Waals surface area contributed by atoms with E-state index in [2.05, 4.69) is 26.0 Å². The van der Waals surface area contributed by atoms with Gasteiger partial charge in [0.05, 0.1) is 22.7 Å². The number of hydrogen-bond acceptors (Lipinski definition) is 2. The van der Waals surface area contributed by atoms with Gasteiger partial charge in [-0.2, -0.15) is 0 Å². The van der Waals surface area contributed by atoms with Gasteiger partial charge in [0, 0.05) is 22.5 Å². The van der Waals surface area contributed by atoms with E-state index in [4.69, 9.17) is 12.2 Å². The lowest BCUT2D eigenvalue weighted by Crippen LogP contribution is -1.72. The topological polar surface area (TPSA) is 60.3 Å². The summed E-state index contributed by atoms with van der Waals surface area (Å²) in [5.74, 6) is 0. The number of fused-ring (bicyclic) bond motifs is 5. The lowest BCUT2D eigenvalue weighted by Gasteiger charge is -1.93. The number of nitrogens with zero attached hydrogens (tertiary/aromatic N) is 1. The molecule has 0 saturated heterocycles. The molecule has 0 aliphatic carbocycles. The van der Waals surface area contributed by atoms with E-state index in [1.807, 2.05) is 18.3 Å². The summed E-state index contributed by atoms with van der Waals surface area (Å²) < 4.78 is 0.649. The van der Waals surface area contributed by atoms with Crippen LogP contribution in [0.3, 0.4) is 0 Å². The van der Waals surface area contributed by atoms with Gasteiger partial charge in [-0.3, -0.25) is 4.98 Å². The van der Waals surface area contributed by atoms with E-state index in [0.717, 1.165) is 32.8 Å². The quantitative estimate of drug-likeness (QED) is 0.413. The maximum atomic E-state index is 5.14. The summed E-state index contributed by atoms with van der Waals surface area (Å²) in [5.41, 5.74) is 4.20. The standard InChI is InChI=1S/C12H8N4S/c17-12-15-8-2-1-7-10(11(8)16-12)6-3-4-13-5-9(6)14-7/h1-5,14H,(H2,15,16,17). The third kappa shape index (κ3) is 1.11. The summed E-state index contributed by atoms with van der Waals surface area (Å²) in [4.78, 5) is 13.8. The van der Waals surface area contributed by atoms with E-state index in [9.17, 15) is 0 Å². The van der Waals surface area contributed by atoms with Crippen molar-refractivity contribution in [2.24, 2.45) is 0 Å². The fraction of sp³-hybridized carbons (Fsp3) is 0. The molecule has 4 nitrogen and oxygen atoms in total. The van der Waals surface area contributed by atoms with Crippen LogP contribution in [0.25, 0.3) is 32.8 Å². The summed E-state index contributed by atoms with van der Waals surface area (Å²) >= 11 is 5.14. The second-order valence-corrected chi connectivity index (χ2v) is 4.44. The Bertz CT molecular complexity index is 912. The van der Waals surface area contributed by atoms with Crippen molar-refractivity contribution in [3.8, 4) is 0 Å². The van der Waals surface area contributed by atoms with Crippen LogP contribution < -0.4 is 0 Å². The minimum Gasteiger partial charge on any atom is -0.353 e. The molecule has 82 valence electrons. The minimum absolute atomic E-state index is 0.649. The van der Waals surface area contributed by atoms with Gasteiger partial charge in [-0.25, -0.2) is 0 Å². The lowest BCUT2D eigenvalue weighted by molar-refractivity contribution is 1.30. The summed E-state index contributed by atoms with van der Waals surface area (Å²) in [6, 6.07) is 6.08. The summed E-state index contributed by atoms with van der Waals surface area (Å²) in [6.07, 6.45) is 3.64. The first-order valence-electron chi connectivity index (χ1n) is 5.29. The molecule has 0 bridgehead atoms.